The third-order valence-electron chi connectivity index (χ3n) is 3.61. The highest BCUT2D eigenvalue weighted by Gasteiger charge is 2.05. The molecule has 25 heavy (non-hydrogen) atoms. The molecule has 0 amide bonds. The standard InChI is InChI=1S/C19H28N4OS/c1-15(2)9-11-24-12-10-21-19(20-3)22-13-17-14-25-18(23-17)16-7-5-4-6-8-16/h4-8,14-15H,9-13H2,1-3H3,(H2,20,21,22). The van der Waals surface area contributed by atoms with E-state index in [1.54, 1.807) is 18.4 Å². The molecule has 0 saturated carbocycles. The summed E-state index contributed by atoms with van der Waals surface area (Å²) in [6.07, 6.45) is 1.10. The van der Waals surface area contributed by atoms with E-state index in [1.807, 2.05) is 18.2 Å². The van der Waals surface area contributed by atoms with Crippen molar-refractivity contribution >= 4 is 17.3 Å². The lowest BCUT2D eigenvalue weighted by molar-refractivity contribution is 0.128. The van der Waals surface area contributed by atoms with Gasteiger partial charge in [-0.15, -0.1) is 11.3 Å². The maximum absolute atomic E-state index is 5.60. The van der Waals surface area contributed by atoms with Crippen molar-refractivity contribution in [3.05, 3.63) is 41.4 Å². The van der Waals surface area contributed by atoms with E-state index >= 15 is 0 Å². The monoisotopic (exact) mass is 360 g/mol. The zero-order valence-electron chi connectivity index (χ0n) is 15.3. The molecule has 0 bridgehead atoms. The van der Waals surface area contributed by atoms with Gasteiger partial charge in [0.05, 0.1) is 18.8 Å². The summed E-state index contributed by atoms with van der Waals surface area (Å²) < 4.78 is 5.60. The Kier molecular flexibility index (Phi) is 8.42. The Labute approximate surface area is 154 Å². The lowest BCUT2D eigenvalue weighted by Crippen LogP contribution is -2.38. The molecule has 0 unspecified atom stereocenters. The van der Waals surface area contributed by atoms with Gasteiger partial charge in [-0.25, -0.2) is 4.98 Å². The van der Waals surface area contributed by atoms with Gasteiger partial charge in [0.25, 0.3) is 0 Å². The summed E-state index contributed by atoms with van der Waals surface area (Å²) in [6, 6.07) is 10.2. The van der Waals surface area contributed by atoms with Crippen LogP contribution in [0.3, 0.4) is 0 Å². The first-order valence-electron chi connectivity index (χ1n) is 8.71. The van der Waals surface area contributed by atoms with Crippen LogP contribution in [0.15, 0.2) is 40.7 Å². The van der Waals surface area contributed by atoms with Crippen LogP contribution in [-0.4, -0.2) is 37.7 Å². The fourth-order valence-electron chi connectivity index (χ4n) is 2.16. The molecule has 0 atom stereocenters. The van der Waals surface area contributed by atoms with Crippen molar-refractivity contribution in [3.63, 3.8) is 0 Å². The quantitative estimate of drug-likeness (QED) is 0.408. The summed E-state index contributed by atoms with van der Waals surface area (Å²) in [7, 11) is 1.77. The van der Waals surface area contributed by atoms with Crippen LogP contribution in [0.25, 0.3) is 10.6 Å². The molecule has 1 aromatic heterocycles. The normalized spacial score (nSPS) is 11.8. The maximum atomic E-state index is 5.60. The predicted octanol–water partition coefficient (Wildman–Crippen LogP) is 3.54. The van der Waals surface area contributed by atoms with Crippen LogP contribution in [0.4, 0.5) is 0 Å². The minimum absolute atomic E-state index is 0.650. The van der Waals surface area contributed by atoms with Crippen molar-refractivity contribution in [2.45, 2.75) is 26.8 Å². The third kappa shape index (κ3) is 7.23. The summed E-state index contributed by atoms with van der Waals surface area (Å²) in [5.41, 5.74) is 2.17. The van der Waals surface area contributed by atoms with Gasteiger partial charge in [0.15, 0.2) is 5.96 Å². The zero-order valence-corrected chi connectivity index (χ0v) is 16.1. The molecule has 0 fully saturated rings. The number of guanidine groups is 1. The highest BCUT2D eigenvalue weighted by atomic mass is 32.1. The lowest BCUT2D eigenvalue weighted by atomic mass is 10.1. The molecular weight excluding hydrogens is 332 g/mol. The van der Waals surface area contributed by atoms with E-state index in [2.05, 4.69) is 52.0 Å². The molecule has 0 aliphatic rings. The number of ether oxygens (including phenoxy) is 1. The minimum atomic E-state index is 0.650. The van der Waals surface area contributed by atoms with Gasteiger partial charge >= 0.3 is 0 Å². The Bertz CT molecular complexity index is 640. The molecule has 0 aliphatic heterocycles. The number of benzene rings is 1. The predicted molar refractivity (Wildman–Crippen MR) is 106 cm³/mol. The Hall–Kier alpha value is -1.92. The van der Waals surface area contributed by atoms with Crippen molar-refractivity contribution in [2.24, 2.45) is 10.9 Å². The maximum Gasteiger partial charge on any atom is 0.191 e. The Morgan fingerprint density at radius 2 is 2.00 bits per heavy atom. The SMILES string of the molecule is CN=C(NCCOCCC(C)C)NCc1csc(-c2ccccc2)n1. The van der Waals surface area contributed by atoms with Crippen LogP contribution in [0.2, 0.25) is 0 Å². The number of aliphatic imine (C=N–C) groups is 1. The van der Waals surface area contributed by atoms with Gasteiger partial charge in [-0.3, -0.25) is 4.99 Å². The minimum Gasteiger partial charge on any atom is -0.380 e. The number of hydrogen-bond donors (Lipinski definition) is 2. The number of nitrogens with zero attached hydrogens (tertiary/aromatic N) is 2. The van der Waals surface area contributed by atoms with Gasteiger partial charge in [-0.1, -0.05) is 44.2 Å². The second kappa shape index (κ2) is 10.8. The second-order valence-electron chi connectivity index (χ2n) is 6.16. The van der Waals surface area contributed by atoms with E-state index in [0.29, 0.717) is 19.1 Å². The number of rotatable bonds is 9. The van der Waals surface area contributed by atoms with Crippen LogP contribution in [0, 0.1) is 5.92 Å². The summed E-state index contributed by atoms with van der Waals surface area (Å²) in [6.45, 7) is 7.29. The molecule has 1 aromatic carbocycles. The first kappa shape index (κ1) is 19.4. The number of aromatic nitrogens is 1. The van der Waals surface area contributed by atoms with Crippen molar-refractivity contribution in [3.8, 4) is 10.6 Å². The number of nitrogens with one attached hydrogen (secondary N) is 2. The molecule has 0 aliphatic carbocycles. The van der Waals surface area contributed by atoms with Gasteiger partial charge < -0.3 is 15.4 Å². The van der Waals surface area contributed by atoms with Gasteiger partial charge in [-0.05, 0) is 12.3 Å². The van der Waals surface area contributed by atoms with Crippen LogP contribution in [0.1, 0.15) is 26.0 Å². The van der Waals surface area contributed by atoms with Crippen molar-refractivity contribution in [2.75, 3.05) is 26.8 Å². The van der Waals surface area contributed by atoms with Gasteiger partial charge in [-0.2, -0.15) is 0 Å². The molecule has 0 saturated heterocycles. The summed E-state index contributed by atoms with van der Waals surface area (Å²) >= 11 is 1.66. The third-order valence-corrected chi connectivity index (χ3v) is 4.55. The van der Waals surface area contributed by atoms with Gasteiger partial charge in [0.2, 0.25) is 0 Å². The molecule has 5 nitrogen and oxygen atoms in total. The molecular formula is C19H28N4OS. The first-order valence-corrected chi connectivity index (χ1v) is 9.59. The Morgan fingerprint density at radius 3 is 2.72 bits per heavy atom. The average Bonchev–Trinajstić information content (AvgIpc) is 3.10. The average molecular weight is 361 g/mol. The number of hydrogen-bond acceptors (Lipinski definition) is 4. The van der Waals surface area contributed by atoms with Crippen LogP contribution in [0.5, 0.6) is 0 Å². The molecule has 136 valence electrons. The van der Waals surface area contributed by atoms with Crippen molar-refractivity contribution in [1.29, 1.82) is 0 Å². The van der Waals surface area contributed by atoms with Crippen molar-refractivity contribution in [1.82, 2.24) is 15.6 Å². The van der Waals surface area contributed by atoms with Crippen molar-refractivity contribution < 1.29 is 4.74 Å². The van der Waals surface area contributed by atoms with E-state index in [0.717, 1.165) is 41.8 Å². The summed E-state index contributed by atoms with van der Waals surface area (Å²) in [4.78, 5) is 8.90. The topological polar surface area (TPSA) is 58.5 Å². The smallest absolute Gasteiger partial charge is 0.191 e. The molecule has 2 rings (SSSR count). The van der Waals surface area contributed by atoms with E-state index in [-0.39, 0.29) is 0 Å². The molecule has 0 radical (unpaired) electrons. The van der Waals surface area contributed by atoms with Gasteiger partial charge in [0.1, 0.15) is 5.01 Å². The van der Waals surface area contributed by atoms with Crippen LogP contribution < -0.4 is 10.6 Å². The molecule has 2 N–H and O–H groups in total. The largest absolute Gasteiger partial charge is 0.380 e. The lowest BCUT2D eigenvalue weighted by Gasteiger charge is -2.11. The fraction of sp³-hybridized carbons (Fsp3) is 0.474. The second-order valence-corrected chi connectivity index (χ2v) is 7.02. The van der Waals surface area contributed by atoms with E-state index in [4.69, 9.17) is 4.74 Å². The summed E-state index contributed by atoms with van der Waals surface area (Å²) in [5, 5.41) is 9.66. The first-order chi connectivity index (χ1) is 12.2. The molecule has 6 heteroatoms. The molecule has 0 spiro atoms. The van der Waals surface area contributed by atoms with Crippen LogP contribution >= 0.6 is 11.3 Å². The van der Waals surface area contributed by atoms with Gasteiger partial charge in [0, 0.05) is 31.1 Å². The molecule has 1 heterocycles. The van der Waals surface area contributed by atoms with E-state index in [9.17, 15) is 0 Å². The van der Waals surface area contributed by atoms with Crippen LogP contribution in [-0.2, 0) is 11.3 Å². The van der Waals surface area contributed by atoms with E-state index in [1.165, 1.54) is 0 Å². The highest BCUT2D eigenvalue weighted by molar-refractivity contribution is 7.13. The highest BCUT2D eigenvalue weighted by Crippen LogP contribution is 2.23. The zero-order chi connectivity index (χ0) is 17.9. The fourth-order valence-corrected chi connectivity index (χ4v) is 2.98. The van der Waals surface area contributed by atoms with E-state index < -0.39 is 0 Å². The Balaban J connectivity index is 1.70. The molecule has 2 aromatic rings. The number of thiazole rings is 1. The Morgan fingerprint density at radius 1 is 1.20 bits per heavy atom. The summed E-state index contributed by atoms with van der Waals surface area (Å²) in [5.74, 6) is 1.45.